The van der Waals surface area contributed by atoms with Crippen LogP contribution >= 0.6 is 0 Å². The van der Waals surface area contributed by atoms with Crippen molar-refractivity contribution >= 4 is 32.8 Å². The van der Waals surface area contributed by atoms with Gasteiger partial charge in [0.25, 0.3) is 0 Å². The Morgan fingerprint density at radius 1 is 0.415 bits per heavy atom. The fourth-order valence-electron chi connectivity index (χ4n) is 5.77. The van der Waals surface area contributed by atoms with Gasteiger partial charge < -0.3 is 4.42 Å². The third kappa shape index (κ3) is 3.98. The minimum absolute atomic E-state index is 0.624. The second kappa shape index (κ2) is 9.58. The van der Waals surface area contributed by atoms with Gasteiger partial charge in [-0.1, -0.05) is 121 Å². The van der Waals surface area contributed by atoms with Gasteiger partial charge >= 0.3 is 0 Å². The molecule has 6 aromatic carbocycles. The summed E-state index contributed by atoms with van der Waals surface area (Å²) in [6.07, 6.45) is 0. The van der Waals surface area contributed by atoms with E-state index in [2.05, 4.69) is 120 Å². The quantitative estimate of drug-likeness (QED) is 0.215. The minimum Gasteiger partial charge on any atom is -0.436 e. The highest BCUT2D eigenvalue weighted by atomic mass is 16.3. The number of hydrogen-bond donors (Lipinski definition) is 0. The molecular weight excluding hydrogens is 500 g/mol. The molecule has 8 rings (SSSR count). The fourth-order valence-corrected chi connectivity index (χ4v) is 5.77. The Bertz CT molecular complexity index is 2150. The third-order valence-electron chi connectivity index (χ3n) is 7.72. The van der Waals surface area contributed by atoms with E-state index < -0.39 is 0 Å². The van der Waals surface area contributed by atoms with Crippen molar-refractivity contribution in [3.63, 3.8) is 0 Å². The van der Waals surface area contributed by atoms with E-state index in [-0.39, 0.29) is 0 Å². The second-order valence-electron chi connectivity index (χ2n) is 10.2. The van der Waals surface area contributed by atoms with Crippen molar-refractivity contribution in [2.24, 2.45) is 0 Å². The molecule has 8 aromatic rings. The van der Waals surface area contributed by atoms with Crippen LogP contribution in [0, 0.1) is 0 Å². The molecule has 0 N–H and O–H groups in total. The topological polar surface area (TPSA) is 38.9 Å². The van der Waals surface area contributed by atoms with Crippen LogP contribution in [0.5, 0.6) is 0 Å². The van der Waals surface area contributed by atoms with Crippen molar-refractivity contribution < 1.29 is 4.42 Å². The molecule has 0 aliphatic carbocycles. The van der Waals surface area contributed by atoms with Crippen LogP contribution in [0.2, 0.25) is 0 Å². The molecule has 0 radical (unpaired) electrons. The number of aromatic nitrogens is 2. The Labute approximate surface area is 237 Å². The number of rotatable bonds is 4. The zero-order valence-corrected chi connectivity index (χ0v) is 22.2. The molecule has 0 spiro atoms. The number of nitrogens with zero attached hydrogens (tertiary/aromatic N) is 2. The lowest BCUT2D eigenvalue weighted by atomic mass is 9.91. The van der Waals surface area contributed by atoms with Gasteiger partial charge in [-0.25, -0.2) is 9.97 Å². The molecule has 3 nitrogen and oxygen atoms in total. The smallest absolute Gasteiger partial charge is 0.227 e. The van der Waals surface area contributed by atoms with Crippen LogP contribution in [0.15, 0.2) is 150 Å². The number of para-hydroxylation sites is 3. The van der Waals surface area contributed by atoms with Crippen LogP contribution in [0.25, 0.3) is 77.7 Å². The SMILES string of the molecule is c1ccc(-c2nc3c(-c4ccc(-c5nc6ccccc6o5)cc4)cccc3c3c(-c4ccccc4)cccc23)cc1. The predicted molar refractivity (Wildman–Crippen MR) is 169 cm³/mol. The Kier molecular flexibility index (Phi) is 5.46. The molecule has 192 valence electrons. The van der Waals surface area contributed by atoms with Crippen LogP contribution in [-0.4, -0.2) is 9.97 Å². The lowest BCUT2D eigenvalue weighted by Crippen LogP contribution is -1.94. The first kappa shape index (κ1) is 23.4. The van der Waals surface area contributed by atoms with Crippen molar-refractivity contribution in [3.8, 4) is 45.0 Å². The third-order valence-corrected chi connectivity index (χ3v) is 7.72. The van der Waals surface area contributed by atoms with Crippen LogP contribution in [0.1, 0.15) is 0 Å². The van der Waals surface area contributed by atoms with Crippen LogP contribution in [-0.2, 0) is 0 Å². The molecule has 0 fully saturated rings. The average molecular weight is 525 g/mol. The summed E-state index contributed by atoms with van der Waals surface area (Å²) in [7, 11) is 0. The zero-order valence-electron chi connectivity index (χ0n) is 22.2. The second-order valence-corrected chi connectivity index (χ2v) is 10.2. The van der Waals surface area contributed by atoms with E-state index >= 15 is 0 Å². The van der Waals surface area contributed by atoms with E-state index in [0.29, 0.717) is 5.89 Å². The highest BCUT2D eigenvalue weighted by Gasteiger charge is 2.17. The summed E-state index contributed by atoms with van der Waals surface area (Å²) >= 11 is 0. The maximum absolute atomic E-state index is 6.01. The fraction of sp³-hybridized carbons (Fsp3) is 0. The van der Waals surface area contributed by atoms with E-state index in [1.54, 1.807) is 0 Å². The summed E-state index contributed by atoms with van der Waals surface area (Å²) < 4.78 is 6.01. The summed E-state index contributed by atoms with van der Waals surface area (Å²) in [6.45, 7) is 0. The monoisotopic (exact) mass is 524 g/mol. The van der Waals surface area contributed by atoms with E-state index in [4.69, 9.17) is 9.40 Å². The summed E-state index contributed by atoms with van der Waals surface area (Å²) in [4.78, 5) is 10.0. The molecule has 0 unspecified atom stereocenters. The van der Waals surface area contributed by atoms with E-state index in [1.165, 1.54) is 16.5 Å². The van der Waals surface area contributed by atoms with Gasteiger partial charge in [-0.05, 0) is 41.0 Å². The highest BCUT2D eigenvalue weighted by Crippen LogP contribution is 2.41. The van der Waals surface area contributed by atoms with Crippen LogP contribution in [0.4, 0.5) is 0 Å². The maximum atomic E-state index is 6.01. The summed E-state index contributed by atoms with van der Waals surface area (Å²) in [6, 6.07) is 50.4. The molecule has 0 atom stereocenters. The molecule has 2 aromatic heterocycles. The van der Waals surface area contributed by atoms with E-state index in [1.807, 2.05) is 30.3 Å². The van der Waals surface area contributed by atoms with Crippen molar-refractivity contribution in [1.29, 1.82) is 0 Å². The zero-order chi connectivity index (χ0) is 27.2. The molecule has 41 heavy (non-hydrogen) atoms. The number of hydrogen-bond acceptors (Lipinski definition) is 3. The van der Waals surface area contributed by atoms with Crippen molar-refractivity contribution in [2.45, 2.75) is 0 Å². The highest BCUT2D eigenvalue weighted by molar-refractivity contribution is 6.19. The van der Waals surface area contributed by atoms with Gasteiger partial charge in [0, 0.05) is 32.8 Å². The van der Waals surface area contributed by atoms with Gasteiger partial charge in [-0.3, -0.25) is 0 Å². The van der Waals surface area contributed by atoms with Gasteiger partial charge in [0.1, 0.15) is 5.52 Å². The molecular formula is C38H24N2O. The van der Waals surface area contributed by atoms with Crippen LogP contribution in [0.3, 0.4) is 0 Å². The predicted octanol–water partition coefficient (Wildman–Crippen LogP) is 10.2. The number of benzene rings is 6. The van der Waals surface area contributed by atoms with Crippen molar-refractivity contribution in [2.75, 3.05) is 0 Å². The van der Waals surface area contributed by atoms with Crippen LogP contribution < -0.4 is 0 Å². The first-order chi connectivity index (χ1) is 20.3. The Hall–Kier alpha value is -5.54. The van der Waals surface area contributed by atoms with Gasteiger partial charge in [0.2, 0.25) is 5.89 Å². The molecule has 0 saturated heterocycles. The maximum Gasteiger partial charge on any atom is 0.227 e. The average Bonchev–Trinajstić information content (AvgIpc) is 3.49. The Balaban J connectivity index is 1.36. The number of fused-ring (bicyclic) bond motifs is 4. The first-order valence-electron chi connectivity index (χ1n) is 13.8. The largest absolute Gasteiger partial charge is 0.436 e. The standard InChI is InChI=1S/C38H24N2O/c1-3-11-25(12-4-1)29-15-9-17-31-35(29)32-18-10-16-30(37(32)40-36(31)27-13-5-2-6-14-27)26-21-23-28(24-22-26)38-39-33-19-7-8-20-34(33)41-38/h1-24H. The normalized spacial score (nSPS) is 11.4. The summed E-state index contributed by atoms with van der Waals surface area (Å²) in [5.41, 5.74) is 10.3. The molecule has 2 heterocycles. The first-order valence-corrected chi connectivity index (χ1v) is 13.8. The van der Waals surface area contributed by atoms with Gasteiger partial charge in [0.15, 0.2) is 5.58 Å². The number of pyridine rings is 1. The molecule has 0 saturated carbocycles. The Morgan fingerprint density at radius 3 is 1.78 bits per heavy atom. The van der Waals surface area contributed by atoms with Gasteiger partial charge in [0.05, 0.1) is 11.2 Å². The van der Waals surface area contributed by atoms with E-state index in [0.717, 1.165) is 55.3 Å². The molecule has 0 aliphatic rings. The number of oxazole rings is 1. The van der Waals surface area contributed by atoms with Gasteiger partial charge in [-0.2, -0.15) is 0 Å². The Morgan fingerprint density at radius 2 is 1.02 bits per heavy atom. The van der Waals surface area contributed by atoms with E-state index in [9.17, 15) is 0 Å². The molecule has 0 bridgehead atoms. The molecule has 0 amide bonds. The minimum atomic E-state index is 0.624. The molecule has 3 heteroatoms. The van der Waals surface area contributed by atoms with Crippen molar-refractivity contribution in [1.82, 2.24) is 9.97 Å². The van der Waals surface area contributed by atoms with Crippen molar-refractivity contribution in [3.05, 3.63) is 146 Å². The lowest BCUT2D eigenvalue weighted by Gasteiger charge is -2.16. The molecule has 0 aliphatic heterocycles. The lowest BCUT2D eigenvalue weighted by molar-refractivity contribution is 0.620. The summed E-state index contributed by atoms with van der Waals surface area (Å²) in [5.74, 6) is 0.624. The summed E-state index contributed by atoms with van der Waals surface area (Å²) in [5, 5.41) is 3.50. The van der Waals surface area contributed by atoms with Gasteiger partial charge in [-0.15, -0.1) is 0 Å².